The molecule has 2 aliphatic heterocycles. The van der Waals surface area contributed by atoms with E-state index in [1.807, 2.05) is 11.8 Å². The summed E-state index contributed by atoms with van der Waals surface area (Å²) in [4.78, 5) is 37.4. The Morgan fingerprint density at radius 3 is 2.75 bits per heavy atom. The van der Waals surface area contributed by atoms with Gasteiger partial charge in [0.15, 0.2) is 0 Å². The quantitative estimate of drug-likeness (QED) is 0.735. The van der Waals surface area contributed by atoms with Crippen LogP contribution in [0.3, 0.4) is 0 Å². The van der Waals surface area contributed by atoms with Crippen molar-refractivity contribution in [2.45, 2.75) is 58.6 Å². The number of likely N-dealkylation sites (tertiary alicyclic amines) is 1. The van der Waals surface area contributed by atoms with Crippen molar-refractivity contribution in [3.8, 4) is 0 Å². The number of ether oxygens (including phenoxy) is 1. The molecule has 0 aromatic carbocycles. The highest BCUT2D eigenvalue weighted by Gasteiger charge is 2.37. The molecular weight excluding hydrogens is 312 g/mol. The Balaban J connectivity index is 1.84. The minimum absolute atomic E-state index is 0.121. The van der Waals surface area contributed by atoms with Gasteiger partial charge in [-0.15, -0.1) is 0 Å². The number of hydrazone groups is 1. The van der Waals surface area contributed by atoms with Crippen LogP contribution in [0.1, 0.15) is 46.5 Å². The first-order chi connectivity index (χ1) is 11.4. The van der Waals surface area contributed by atoms with E-state index in [-0.39, 0.29) is 43.0 Å². The summed E-state index contributed by atoms with van der Waals surface area (Å²) in [5, 5.41) is 8.36. The Morgan fingerprint density at radius 2 is 2.17 bits per heavy atom. The van der Waals surface area contributed by atoms with Gasteiger partial charge in [0.1, 0.15) is 0 Å². The first-order valence-electron chi connectivity index (χ1n) is 8.54. The van der Waals surface area contributed by atoms with Crippen LogP contribution in [0.25, 0.3) is 0 Å². The van der Waals surface area contributed by atoms with E-state index in [9.17, 15) is 14.4 Å². The van der Waals surface area contributed by atoms with E-state index in [4.69, 9.17) is 4.74 Å². The zero-order valence-corrected chi connectivity index (χ0v) is 14.6. The third kappa shape index (κ3) is 4.46. The number of nitrogens with one attached hydrogen (secondary N) is 1. The molecule has 0 aliphatic carbocycles. The summed E-state index contributed by atoms with van der Waals surface area (Å²) in [5.41, 5.74) is 0.847. The van der Waals surface area contributed by atoms with Gasteiger partial charge in [-0.1, -0.05) is 6.92 Å². The van der Waals surface area contributed by atoms with Gasteiger partial charge in [0.05, 0.1) is 30.8 Å². The number of esters is 1. The van der Waals surface area contributed by atoms with Gasteiger partial charge in [-0.3, -0.25) is 9.59 Å². The predicted octanol–water partition coefficient (Wildman–Crippen LogP) is 1.11. The number of rotatable bonds is 6. The van der Waals surface area contributed by atoms with Crippen LogP contribution in [0.15, 0.2) is 5.10 Å². The Labute approximate surface area is 142 Å². The maximum Gasteiger partial charge on any atom is 0.337 e. The molecule has 0 radical (unpaired) electrons. The van der Waals surface area contributed by atoms with Crippen molar-refractivity contribution in [2.24, 2.45) is 5.10 Å². The molecule has 2 aliphatic rings. The Bertz CT molecular complexity index is 532. The number of hydrogen-bond acceptors (Lipinski definition) is 5. The molecular formula is C16H26N4O4. The number of nitrogens with zero attached hydrogens (tertiary/aromatic N) is 3. The van der Waals surface area contributed by atoms with Crippen molar-refractivity contribution in [2.75, 3.05) is 19.6 Å². The van der Waals surface area contributed by atoms with Crippen molar-refractivity contribution in [3.63, 3.8) is 0 Å². The lowest BCUT2D eigenvalue weighted by molar-refractivity contribution is -0.147. The molecule has 1 fully saturated rings. The van der Waals surface area contributed by atoms with Crippen molar-refractivity contribution < 1.29 is 19.1 Å². The molecule has 134 valence electrons. The van der Waals surface area contributed by atoms with Crippen LogP contribution in [0, 0.1) is 0 Å². The van der Waals surface area contributed by atoms with Gasteiger partial charge in [-0.25, -0.2) is 9.80 Å². The summed E-state index contributed by atoms with van der Waals surface area (Å²) < 4.78 is 5.01. The highest BCUT2D eigenvalue weighted by atomic mass is 16.5. The van der Waals surface area contributed by atoms with Crippen LogP contribution in [0.2, 0.25) is 0 Å². The van der Waals surface area contributed by atoms with Gasteiger partial charge in [-0.2, -0.15) is 5.10 Å². The normalized spacial score (nSPS) is 20.6. The molecule has 0 saturated carbocycles. The summed E-state index contributed by atoms with van der Waals surface area (Å²) in [6.07, 6.45) is 2.07. The van der Waals surface area contributed by atoms with Gasteiger partial charge in [0.2, 0.25) is 5.91 Å². The summed E-state index contributed by atoms with van der Waals surface area (Å²) in [6, 6.07) is -0.478. The molecule has 24 heavy (non-hydrogen) atoms. The number of carbonyl (C=O) groups excluding carboxylic acids is 3. The predicted molar refractivity (Wildman–Crippen MR) is 88.4 cm³/mol. The monoisotopic (exact) mass is 338 g/mol. The molecule has 1 N–H and O–H groups in total. The molecule has 0 spiro atoms. The minimum atomic E-state index is -0.354. The second-order valence-corrected chi connectivity index (χ2v) is 6.25. The molecule has 0 bridgehead atoms. The molecule has 8 nitrogen and oxygen atoms in total. The van der Waals surface area contributed by atoms with Crippen molar-refractivity contribution >= 4 is 23.6 Å². The van der Waals surface area contributed by atoms with E-state index in [0.717, 1.165) is 18.7 Å². The van der Waals surface area contributed by atoms with Crippen LogP contribution in [0.5, 0.6) is 0 Å². The van der Waals surface area contributed by atoms with E-state index >= 15 is 0 Å². The van der Waals surface area contributed by atoms with Gasteiger partial charge >= 0.3 is 12.0 Å². The maximum absolute atomic E-state index is 12.2. The average molecular weight is 338 g/mol. The lowest BCUT2D eigenvalue weighted by atomic mass is 10.1. The van der Waals surface area contributed by atoms with E-state index in [2.05, 4.69) is 10.4 Å². The van der Waals surface area contributed by atoms with E-state index in [1.165, 1.54) is 5.01 Å². The highest BCUT2D eigenvalue weighted by Crippen LogP contribution is 2.21. The van der Waals surface area contributed by atoms with Gasteiger partial charge in [0, 0.05) is 19.5 Å². The standard InChI is InChI=1S/C16H26N4O4/c1-4-12-13(19-9-5-6-14(19)21)10-20(18-12)16(23)17-8-7-15(22)24-11(2)3/h11,13H,4-10H2,1-3H3,(H,17,23). The smallest absolute Gasteiger partial charge is 0.337 e. The van der Waals surface area contributed by atoms with Crippen molar-refractivity contribution in [1.82, 2.24) is 15.2 Å². The van der Waals surface area contributed by atoms with Crippen molar-refractivity contribution in [3.05, 3.63) is 0 Å². The SMILES string of the molecule is CCC1=NN(C(=O)NCCC(=O)OC(C)C)CC1N1CCCC1=O. The summed E-state index contributed by atoms with van der Waals surface area (Å²) in [7, 11) is 0. The Morgan fingerprint density at radius 1 is 1.42 bits per heavy atom. The van der Waals surface area contributed by atoms with Gasteiger partial charge < -0.3 is 15.0 Å². The van der Waals surface area contributed by atoms with Crippen molar-refractivity contribution in [1.29, 1.82) is 0 Å². The number of hydrogen-bond donors (Lipinski definition) is 1. The Hall–Kier alpha value is -2.12. The van der Waals surface area contributed by atoms with Gasteiger partial charge in [-0.05, 0) is 26.7 Å². The number of amides is 3. The first-order valence-corrected chi connectivity index (χ1v) is 8.54. The fourth-order valence-electron chi connectivity index (χ4n) is 2.93. The minimum Gasteiger partial charge on any atom is -0.463 e. The molecule has 2 rings (SSSR count). The lowest BCUT2D eigenvalue weighted by Gasteiger charge is -2.24. The van der Waals surface area contributed by atoms with E-state index < -0.39 is 0 Å². The zero-order valence-electron chi connectivity index (χ0n) is 14.6. The average Bonchev–Trinajstić information content (AvgIpc) is 3.11. The Kier molecular flexibility index (Phi) is 6.16. The molecule has 1 atom stereocenters. The molecule has 1 unspecified atom stereocenters. The van der Waals surface area contributed by atoms with Crippen LogP contribution in [-0.4, -0.2) is 65.3 Å². The van der Waals surface area contributed by atoms with E-state index in [1.54, 1.807) is 13.8 Å². The second kappa shape index (κ2) is 8.12. The molecule has 0 aromatic rings. The molecule has 0 aromatic heterocycles. The third-order valence-electron chi connectivity index (χ3n) is 4.04. The maximum atomic E-state index is 12.2. The largest absolute Gasteiger partial charge is 0.463 e. The summed E-state index contributed by atoms with van der Waals surface area (Å²) in [6.45, 7) is 6.82. The van der Waals surface area contributed by atoms with Crippen LogP contribution in [-0.2, 0) is 14.3 Å². The fourth-order valence-corrected chi connectivity index (χ4v) is 2.93. The fraction of sp³-hybridized carbons (Fsp3) is 0.750. The lowest BCUT2D eigenvalue weighted by Crippen LogP contribution is -2.45. The van der Waals surface area contributed by atoms with Crippen LogP contribution in [0.4, 0.5) is 4.79 Å². The van der Waals surface area contributed by atoms with E-state index in [0.29, 0.717) is 19.4 Å². The summed E-state index contributed by atoms with van der Waals surface area (Å²) in [5.74, 6) is -0.218. The zero-order chi connectivity index (χ0) is 17.7. The highest BCUT2D eigenvalue weighted by molar-refractivity contribution is 5.96. The molecule has 2 heterocycles. The summed E-state index contributed by atoms with van der Waals surface area (Å²) >= 11 is 0. The third-order valence-corrected chi connectivity index (χ3v) is 4.04. The number of carbonyl (C=O) groups is 3. The molecule has 8 heteroatoms. The van der Waals surface area contributed by atoms with Crippen LogP contribution < -0.4 is 5.32 Å². The topological polar surface area (TPSA) is 91.3 Å². The van der Waals surface area contributed by atoms with Crippen LogP contribution >= 0.6 is 0 Å². The number of urea groups is 1. The molecule has 3 amide bonds. The first kappa shape index (κ1) is 18.2. The second-order valence-electron chi connectivity index (χ2n) is 6.25. The van der Waals surface area contributed by atoms with Gasteiger partial charge in [0.25, 0.3) is 0 Å². The molecule has 1 saturated heterocycles.